The fourth-order valence-electron chi connectivity index (χ4n) is 9.18. The molecule has 0 fully saturated rings. The second-order valence-electron chi connectivity index (χ2n) is 14.3. The summed E-state index contributed by atoms with van der Waals surface area (Å²) in [6.07, 6.45) is 6.76. The Balaban J connectivity index is 1.16. The van der Waals surface area contributed by atoms with Gasteiger partial charge in [0.15, 0.2) is 0 Å². The molecule has 0 atom stereocenters. The molecule has 0 saturated carbocycles. The molecule has 4 aromatic heterocycles. The number of pyridine rings is 1. The predicted octanol–water partition coefficient (Wildman–Crippen LogP) is 12.5. The molecule has 4 nitrogen and oxygen atoms in total. The van der Waals surface area contributed by atoms with E-state index in [9.17, 15) is 0 Å². The molecular weight excluding hydrogens is 645 g/mol. The van der Waals surface area contributed by atoms with Gasteiger partial charge in [-0.3, -0.25) is 4.40 Å². The number of benzene rings is 7. The van der Waals surface area contributed by atoms with Crippen molar-refractivity contribution in [1.29, 1.82) is 0 Å². The Morgan fingerprint density at radius 2 is 1.00 bits per heavy atom. The van der Waals surface area contributed by atoms with Crippen molar-refractivity contribution in [3.63, 3.8) is 0 Å². The fourth-order valence-corrected chi connectivity index (χ4v) is 9.18. The van der Waals surface area contributed by atoms with Crippen LogP contribution in [-0.4, -0.2) is 18.5 Å². The zero-order valence-electron chi connectivity index (χ0n) is 28.9. The minimum atomic E-state index is 0.986. The fraction of sp³-hybridized carbons (Fsp3) is 0.0408. The molecule has 1 aliphatic carbocycles. The highest BCUT2D eigenvalue weighted by Crippen LogP contribution is 2.40. The lowest BCUT2D eigenvalue weighted by molar-refractivity contribution is 0.967. The van der Waals surface area contributed by atoms with Gasteiger partial charge < -0.3 is 9.13 Å². The maximum absolute atomic E-state index is 5.35. The first-order chi connectivity index (χ1) is 26.3. The van der Waals surface area contributed by atoms with Gasteiger partial charge in [-0.25, -0.2) is 4.98 Å². The summed E-state index contributed by atoms with van der Waals surface area (Å²) in [6.45, 7) is 0. The highest BCUT2D eigenvalue weighted by Gasteiger charge is 2.21. The van der Waals surface area contributed by atoms with Crippen molar-refractivity contribution >= 4 is 77.1 Å². The summed E-state index contributed by atoms with van der Waals surface area (Å²) in [5.74, 6) is 0. The molecule has 0 spiro atoms. The lowest BCUT2D eigenvalue weighted by Crippen LogP contribution is -2.03. The van der Waals surface area contributed by atoms with E-state index in [2.05, 4.69) is 183 Å². The van der Waals surface area contributed by atoms with Crippen LogP contribution in [0.5, 0.6) is 0 Å². The SMILES string of the molecule is C1=Cc2c(c3ccccc3n2-c2cc(-c3ccc4c(c3)nc3c5ccccc5c5ccccc5n43)cc(-n3c4ccccc4c4ccccc43)c2)CC1. The topological polar surface area (TPSA) is 27.2 Å². The number of hydrogen-bond donors (Lipinski definition) is 0. The number of aromatic nitrogens is 4. The summed E-state index contributed by atoms with van der Waals surface area (Å²) < 4.78 is 7.25. The molecule has 0 bridgehead atoms. The van der Waals surface area contributed by atoms with Gasteiger partial charge in [0.25, 0.3) is 0 Å². The van der Waals surface area contributed by atoms with Gasteiger partial charge in [0.2, 0.25) is 0 Å². The van der Waals surface area contributed by atoms with Crippen molar-refractivity contribution in [2.45, 2.75) is 12.8 Å². The first-order valence-corrected chi connectivity index (χ1v) is 18.5. The standard InChI is InChI=1S/C49H32N4/c1-2-19-41-35(13-1)36-14-3-12-24-47(36)53-48-26-25-31(29-42(48)50-49(41)53)32-27-33(51-43-20-8-4-15-37(43)38-16-5-9-21-44(38)51)30-34(28-32)52-45-22-10-6-17-39(45)40-18-7-11-23-46(40)52/h1-6,8-17,19-30H,7,18H2. The van der Waals surface area contributed by atoms with Crippen molar-refractivity contribution in [1.82, 2.24) is 18.5 Å². The monoisotopic (exact) mass is 676 g/mol. The van der Waals surface area contributed by atoms with Crippen LogP contribution in [0.2, 0.25) is 0 Å². The summed E-state index contributed by atoms with van der Waals surface area (Å²) >= 11 is 0. The van der Waals surface area contributed by atoms with Crippen LogP contribution in [0.15, 0.2) is 164 Å². The Bertz CT molecular complexity index is 3300. The molecule has 4 heterocycles. The molecule has 248 valence electrons. The highest BCUT2D eigenvalue weighted by molar-refractivity contribution is 6.14. The van der Waals surface area contributed by atoms with Crippen molar-refractivity contribution in [2.75, 3.05) is 0 Å². The number of rotatable bonds is 3. The first kappa shape index (κ1) is 28.8. The lowest BCUT2D eigenvalue weighted by Gasteiger charge is -2.17. The quantitative estimate of drug-likeness (QED) is 0.171. The summed E-state index contributed by atoms with van der Waals surface area (Å²) in [5.41, 5.74) is 15.2. The highest BCUT2D eigenvalue weighted by atomic mass is 15.0. The van der Waals surface area contributed by atoms with Gasteiger partial charge in [-0.05, 0) is 95.6 Å². The third-order valence-corrected chi connectivity index (χ3v) is 11.4. The number of aryl methyl sites for hydroxylation is 1. The van der Waals surface area contributed by atoms with E-state index in [4.69, 9.17) is 4.98 Å². The number of fused-ring (bicyclic) bond motifs is 14. The van der Waals surface area contributed by atoms with E-state index >= 15 is 0 Å². The van der Waals surface area contributed by atoms with E-state index in [0.717, 1.165) is 57.4 Å². The molecule has 0 aliphatic heterocycles. The van der Waals surface area contributed by atoms with Gasteiger partial charge in [-0.15, -0.1) is 0 Å². The molecule has 0 radical (unpaired) electrons. The van der Waals surface area contributed by atoms with Gasteiger partial charge in [0.1, 0.15) is 5.65 Å². The van der Waals surface area contributed by atoms with Gasteiger partial charge in [0, 0.05) is 44.0 Å². The van der Waals surface area contributed by atoms with E-state index in [1.807, 2.05) is 0 Å². The predicted molar refractivity (Wildman–Crippen MR) is 222 cm³/mol. The number of para-hydroxylation sites is 4. The number of nitrogens with zero attached hydrogens (tertiary/aromatic N) is 4. The van der Waals surface area contributed by atoms with Crippen LogP contribution >= 0.6 is 0 Å². The maximum Gasteiger partial charge on any atom is 0.146 e. The van der Waals surface area contributed by atoms with Crippen LogP contribution in [0.25, 0.3) is 99.6 Å². The van der Waals surface area contributed by atoms with Crippen molar-refractivity contribution in [3.05, 3.63) is 175 Å². The average Bonchev–Trinajstić information content (AvgIpc) is 3.89. The summed E-state index contributed by atoms with van der Waals surface area (Å²) in [5, 5.41) is 7.47. The van der Waals surface area contributed by atoms with Gasteiger partial charge in [-0.2, -0.15) is 0 Å². The Hall–Kier alpha value is -6.91. The Labute approximate surface area is 305 Å². The summed E-state index contributed by atoms with van der Waals surface area (Å²) in [4.78, 5) is 5.35. The van der Waals surface area contributed by atoms with Crippen LogP contribution in [-0.2, 0) is 6.42 Å². The van der Waals surface area contributed by atoms with Crippen molar-refractivity contribution in [3.8, 4) is 22.5 Å². The van der Waals surface area contributed by atoms with Crippen LogP contribution < -0.4 is 0 Å². The third-order valence-electron chi connectivity index (χ3n) is 11.4. The normalized spacial score (nSPS) is 13.1. The Morgan fingerprint density at radius 3 is 1.72 bits per heavy atom. The van der Waals surface area contributed by atoms with Crippen LogP contribution in [0.4, 0.5) is 0 Å². The maximum atomic E-state index is 5.35. The van der Waals surface area contributed by atoms with E-state index in [1.165, 1.54) is 60.3 Å². The van der Waals surface area contributed by atoms with E-state index in [0.29, 0.717) is 0 Å². The molecule has 12 rings (SSSR count). The zero-order valence-corrected chi connectivity index (χ0v) is 28.9. The number of imidazole rings is 1. The van der Waals surface area contributed by atoms with Crippen LogP contribution in [0.1, 0.15) is 17.7 Å². The van der Waals surface area contributed by atoms with Crippen LogP contribution in [0.3, 0.4) is 0 Å². The molecule has 0 N–H and O–H groups in total. The third kappa shape index (κ3) is 4.03. The first-order valence-electron chi connectivity index (χ1n) is 18.5. The Morgan fingerprint density at radius 1 is 0.434 bits per heavy atom. The Kier molecular flexibility index (Phi) is 5.86. The molecule has 0 saturated heterocycles. The second kappa shape index (κ2) is 10.8. The van der Waals surface area contributed by atoms with E-state index in [-0.39, 0.29) is 0 Å². The smallest absolute Gasteiger partial charge is 0.146 e. The number of allylic oxidation sites excluding steroid dienone is 1. The van der Waals surface area contributed by atoms with Crippen molar-refractivity contribution in [2.24, 2.45) is 0 Å². The van der Waals surface area contributed by atoms with E-state index < -0.39 is 0 Å². The molecule has 0 unspecified atom stereocenters. The largest absolute Gasteiger partial charge is 0.309 e. The molecule has 53 heavy (non-hydrogen) atoms. The van der Waals surface area contributed by atoms with Crippen LogP contribution in [0, 0.1) is 0 Å². The molecule has 11 aromatic rings. The van der Waals surface area contributed by atoms with Gasteiger partial charge in [0.05, 0.1) is 33.1 Å². The second-order valence-corrected chi connectivity index (χ2v) is 14.3. The molecule has 7 aromatic carbocycles. The lowest BCUT2D eigenvalue weighted by atomic mass is 10.0. The van der Waals surface area contributed by atoms with E-state index in [1.54, 1.807) is 0 Å². The molecule has 0 amide bonds. The number of hydrogen-bond acceptors (Lipinski definition) is 1. The van der Waals surface area contributed by atoms with Gasteiger partial charge >= 0.3 is 0 Å². The summed E-state index contributed by atoms with van der Waals surface area (Å²) in [7, 11) is 0. The van der Waals surface area contributed by atoms with Crippen molar-refractivity contribution < 1.29 is 0 Å². The minimum absolute atomic E-state index is 0.986. The molecule has 4 heteroatoms. The molecular formula is C49H32N4. The average molecular weight is 677 g/mol. The summed E-state index contributed by atoms with van der Waals surface area (Å²) in [6, 6.07) is 57.7. The zero-order chi connectivity index (χ0) is 34.6. The molecule has 1 aliphatic rings. The minimum Gasteiger partial charge on any atom is -0.309 e. The van der Waals surface area contributed by atoms with Gasteiger partial charge in [-0.1, -0.05) is 109 Å².